The molecule has 7 nitrogen and oxygen atoms in total. The van der Waals surface area contributed by atoms with Crippen LogP contribution in [0.1, 0.15) is 19.8 Å². The molecule has 110 valence electrons. The third kappa shape index (κ3) is 2.90. The summed E-state index contributed by atoms with van der Waals surface area (Å²) in [4.78, 5) is 11.6. The molecule has 0 spiro atoms. The summed E-state index contributed by atoms with van der Waals surface area (Å²) in [6.07, 6.45) is -1.73. The van der Waals surface area contributed by atoms with E-state index in [0.717, 1.165) is 0 Å². The summed E-state index contributed by atoms with van der Waals surface area (Å²) in [6.45, 7) is 2.10. The molecule has 2 rings (SSSR count). The molecule has 0 aromatic rings. The van der Waals surface area contributed by atoms with Crippen LogP contribution in [0.3, 0.4) is 0 Å². The lowest BCUT2D eigenvalue weighted by atomic mass is 10.0. The number of rotatable bonds is 5. The topological polar surface area (TPSA) is 94.5 Å². The number of esters is 1. The molecule has 19 heavy (non-hydrogen) atoms. The minimum absolute atomic E-state index is 0.0171. The first-order valence-electron chi connectivity index (χ1n) is 6.51. The van der Waals surface area contributed by atoms with Crippen molar-refractivity contribution in [2.75, 3.05) is 26.4 Å². The SMILES string of the molecule is CCCC(=O)O[C@@H]1[C@@H](O)CO[C@@H]1C1(CO)OCCO1. The predicted molar refractivity (Wildman–Crippen MR) is 62.3 cm³/mol. The van der Waals surface area contributed by atoms with Crippen LogP contribution in [-0.2, 0) is 23.7 Å². The number of hydrogen-bond acceptors (Lipinski definition) is 7. The third-order valence-electron chi connectivity index (χ3n) is 3.28. The number of aliphatic hydroxyl groups excluding tert-OH is 2. The fraction of sp³-hybridized carbons (Fsp3) is 0.917. The van der Waals surface area contributed by atoms with Crippen LogP contribution >= 0.6 is 0 Å². The zero-order valence-electron chi connectivity index (χ0n) is 10.9. The Morgan fingerprint density at radius 2 is 2.11 bits per heavy atom. The van der Waals surface area contributed by atoms with Gasteiger partial charge in [-0.2, -0.15) is 0 Å². The number of carbonyl (C=O) groups is 1. The first-order chi connectivity index (χ1) is 9.13. The van der Waals surface area contributed by atoms with Gasteiger partial charge in [-0.05, 0) is 6.42 Å². The van der Waals surface area contributed by atoms with Gasteiger partial charge < -0.3 is 29.2 Å². The Morgan fingerprint density at radius 3 is 2.68 bits per heavy atom. The smallest absolute Gasteiger partial charge is 0.306 e. The Labute approximate surface area is 111 Å². The number of ether oxygens (including phenoxy) is 4. The van der Waals surface area contributed by atoms with Crippen molar-refractivity contribution >= 4 is 5.97 Å². The fourth-order valence-corrected chi connectivity index (χ4v) is 2.34. The van der Waals surface area contributed by atoms with E-state index in [2.05, 4.69) is 0 Å². The molecule has 2 aliphatic heterocycles. The van der Waals surface area contributed by atoms with Gasteiger partial charge in [-0.15, -0.1) is 0 Å². The van der Waals surface area contributed by atoms with Gasteiger partial charge in [0.15, 0.2) is 12.2 Å². The molecule has 0 aromatic carbocycles. The highest BCUT2D eigenvalue weighted by molar-refractivity contribution is 5.69. The quantitative estimate of drug-likeness (QED) is 0.634. The summed E-state index contributed by atoms with van der Waals surface area (Å²) in [7, 11) is 0. The minimum atomic E-state index is -1.35. The number of hydrogen-bond donors (Lipinski definition) is 2. The van der Waals surface area contributed by atoms with Gasteiger partial charge in [-0.1, -0.05) is 6.92 Å². The molecule has 2 N–H and O–H groups in total. The number of carbonyl (C=O) groups excluding carboxylic acids is 1. The second kappa shape index (κ2) is 6.15. The predicted octanol–water partition coefficient (Wildman–Crippen LogP) is -0.807. The van der Waals surface area contributed by atoms with Crippen LogP contribution in [0.25, 0.3) is 0 Å². The van der Waals surface area contributed by atoms with Crippen molar-refractivity contribution in [3.63, 3.8) is 0 Å². The Bertz CT molecular complexity index is 313. The second-order valence-electron chi connectivity index (χ2n) is 4.69. The summed E-state index contributed by atoms with van der Waals surface area (Å²) >= 11 is 0. The van der Waals surface area contributed by atoms with Crippen LogP contribution in [0.15, 0.2) is 0 Å². The monoisotopic (exact) mass is 276 g/mol. The largest absolute Gasteiger partial charge is 0.456 e. The van der Waals surface area contributed by atoms with E-state index < -0.39 is 36.7 Å². The van der Waals surface area contributed by atoms with Crippen molar-refractivity contribution in [3.05, 3.63) is 0 Å². The highest BCUT2D eigenvalue weighted by Crippen LogP contribution is 2.33. The van der Waals surface area contributed by atoms with Crippen LogP contribution in [0.5, 0.6) is 0 Å². The van der Waals surface area contributed by atoms with Gasteiger partial charge in [0.1, 0.15) is 12.7 Å². The molecule has 0 bridgehead atoms. The Morgan fingerprint density at radius 1 is 1.42 bits per heavy atom. The van der Waals surface area contributed by atoms with Gasteiger partial charge in [0.2, 0.25) is 5.79 Å². The van der Waals surface area contributed by atoms with Crippen LogP contribution < -0.4 is 0 Å². The minimum Gasteiger partial charge on any atom is -0.456 e. The van der Waals surface area contributed by atoms with Crippen molar-refractivity contribution in [2.45, 2.75) is 43.9 Å². The molecule has 3 atom stereocenters. The maximum atomic E-state index is 11.6. The molecular formula is C12H20O7. The third-order valence-corrected chi connectivity index (χ3v) is 3.28. The number of aliphatic hydroxyl groups is 2. The highest BCUT2D eigenvalue weighted by atomic mass is 16.8. The van der Waals surface area contributed by atoms with E-state index in [9.17, 15) is 15.0 Å². The fourth-order valence-electron chi connectivity index (χ4n) is 2.34. The summed E-state index contributed by atoms with van der Waals surface area (Å²) in [5.74, 6) is -1.76. The van der Waals surface area contributed by atoms with Crippen molar-refractivity contribution in [1.29, 1.82) is 0 Å². The molecule has 0 radical (unpaired) electrons. The molecule has 2 fully saturated rings. The van der Waals surface area contributed by atoms with Gasteiger partial charge in [0, 0.05) is 6.42 Å². The van der Waals surface area contributed by atoms with Crippen LogP contribution in [0.4, 0.5) is 0 Å². The van der Waals surface area contributed by atoms with E-state index in [-0.39, 0.29) is 13.0 Å². The Balaban J connectivity index is 2.08. The molecule has 0 amide bonds. The lowest BCUT2D eigenvalue weighted by molar-refractivity contribution is -0.257. The standard InChI is InChI=1S/C12H20O7/c1-2-3-9(15)19-10-8(14)6-16-11(10)12(7-13)17-4-5-18-12/h8,10-11,13-14H,2-7H2,1H3/t8-,10+,11-/m0/s1. The average Bonchev–Trinajstić information content (AvgIpc) is 2.99. The summed E-state index contributed by atoms with van der Waals surface area (Å²) in [5, 5.41) is 19.3. The first-order valence-corrected chi connectivity index (χ1v) is 6.51. The summed E-state index contributed by atoms with van der Waals surface area (Å²) < 4.78 is 21.4. The molecular weight excluding hydrogens is 256 g/mol. The first kappa shape index (κ1) is 14.7. The zero-order chi connectivity index (χ0) is 13.9. The normalized spacial score (nSPS) is 33.5. The molecule has 0 aliphatic carbocycles. The van der Waals surface area contributed by atoms with Gasteiger partial charge >= 0.3 is 5.97 Å². The lowest BCUT2D eigenvalue weighted by Crippen LogP contribution is -2.54. The van der Waals surface area contributed by atoms with E-state index in [0.29, 0.717) is 19.6 Å². The van der Waals surface area contributed by atoms with Crippen LogP contribution in [-0.4, -0.2) is 66.7 Å². The van der Waals surface area contributed by atoms with Crippen molar-refractivity contribution in [1.82, 2.24) is 0 Å². The molecule has 0 aromatic heterocycles. The van der Waals surface area contributed by atoms with Crippen LogP contribution in [0, 0.1) is 0 Å². The van der Waals surface area contributed by atoms with E-state index in [1.54, 1.807) is 0 Å². The van der Waals surface area contributed by atoms with E-state index >= 15 is 0 Å². The van der Waals surface area contributed by atoms with Crippen molar-refractivity contribution in [3.8, 4) is 0 Å². The molecule has 2 heterocycles. The Kier molecular flexibility index (Phi) is 4.75. The summed E-state index contributed by atoms with van der Waals surface area (Å²) in [5.41, 5.74) is 0. The van der Waals surface area contributed by atoms with E-state index in [1.807, 2.05) is 6.92 Å². The maximum absolute atomic E-state index is 11.6. The van der Waals surface area contributed by atoms with E-state index in [4.69, 9.17) is 18.9 Å². The molecule has 7 heteroatoms. The molecule has 0 saturated carbocycles. The molecule has 0 unspecified atom stereocenters. The van der Waals surface area contributed by atoms with Crippen molar-refractivity contribution < 1.29 is 34.0 Å². The second-order valence-corrected chi connectivity index (χ2v) is 4.69. The van der Waals surface area contributed by atoms with Gasteiger partial charge in [-0.3, -0.25) is 4.79 Å². The van der Waals surface area contributed by atoms with Gasteiger partial charge in [0.05, 0.1) is 19.8 Å². The molecule has 2 aliphatic rings. The highest BCUT2D eigenvalue weighted by Gasteiger charge is 2.55. The Hall–Kier alpha value is -0.730. The zero-order valence-corrected chi connectivity index (χ0v) is 10.9. The van der Waals surface area contributed by atoms with Crippen molar-refractivity contribution in [2.24, 2.45) is 0 Å². The molecule has 2 saturated heterocycles. The van der Waals surface area contributed by atoms with Gasteiger partial charge in [-0.25, -0.2) is 0 Å². The summed E-state index contributed by atoms with van der Waals surface area (Å²) in [6, 6.07) is 0. The average molecular weight is 276 g/mol. The van der Waals surface area contributed by atoms with E-state index in [1.165, 1.54) is 0 Å². The maximum Gasteiger partial charge on any atom is 0.306 e. The van der Waals surface area contributed by atoms with Gasteiger partial charge in [0.25, 0.3) is 0 Å². The lowest BCUT2D eigenvalue weighted by Gasteiger charge is -2.33. The van der Waals surface area contributed by atoms with Crippen LogP contribution in [0.2, 0.25) is 0 Å².